The standard InChI is InChI=1S/C29H34F2N6O6/c1-28(2,3)22(34-27(41)42-13-30)25(39)36-11-17-14-7-16(18(31)8-14)20(17)21(36)24(38)37-12-29(9-15(37)10-32)26(40)35-23-19(43-29)5-4-6-33-23/h4-6,14-18,20-22H,7-9,11-13H2,1-3H3,(H,34,41)(H,33,35,40)/t14-,15-,16+,17+,18+,20-,21-,22+,29+/m0/s1. The number of pyridine rings is 1. The van der Waals surface area contributed by atoms with Crippen LogP contribution < -0.4 is 15.4 Å². The average Bonchev–Trinajstić information content (AvgIpc) is 3.71. The second-order valence-electron chi connectivity index (χ2n) is 13.3. The second kappa shape index (κ2) is 10.3. The molecule has 1 spiro atoms. The predicted octanol–water partition coefficient (Wildman–Crippen LogP) is 2.16. The Morgan fingerprint density at radius 2 is 2.07 bits per heavy atom. The summed E-state index contributed by atoms with van der Waals surface area (Å²) in [5, 5.41) is 15.2. The molecule has 9 atom stereocenters. The highest BCUT2D eigenvalue weighted by atomic mass is 19.1. The van der Waals surface area contributed by atoms with E-state index in [2.05, 4.69) is 26.4 Å². The molecular formula is C29H34F2N6O6. The number of carbonyl (C=O) groups is 4. The molecule has 0 radical (unpaired) electrons. The van der Waals surface area contributed by atoms with Crippen LogP contribution in [0.3, 0.4) is 0 Å². The number of alkyl halides is 2. The van der Waals surface area contributed by atoms with Gasteiger partial charge in [0, 0.05) is 19.2 Å². The molecule has 2 aliphatic carbocycles. The fraction of sp³-hybridized carbons (Fsp3) is 0.655. The molecule has 2 bridgehead atoms. The minimum atomic E-state index is -1.55. The van der Waals surface area contributed by atoms with E-state index in [0.717, 1.165) is 0 Å². The highest BCUT2D eigenvalue weighted by molar-refractivity contribution is 6.01. The van der Waals surface area contributed by atoms with E-state index in [4.69, 9.17) is 4.74 Å². The maximum atomic E-state index is 15.2. The molecule has 2 saturated heterocycles. The monoisotopic (exact) mass is 600 g/mol. The summed E-state index contributed by atoms with van der Waals surface area (Å²) in [5.41, 5.74) is -2.41. The zero-order valence-corrected chi connectivity index (χ0v) is 24.1. The molecule has 43 heavy (non-hydrogen) atoms. The Morgan fingerprint density at radius 3 is 2.77 bits per heavy atom. The van der Waals surface area contributed by atoms with E-state index < -0.39 is 77.8 Å². The van der Waals surface area contributed by atoms with Gasteiger partial charge in [-0.15, -0.1) is 0 Å². The molecule has 4 heterocycles. The Balaban J connectivity index is 1.34. The minimum absolute atomic E-state index is 0.0104. The number of hydrogen-bond acceptors (Lipinski definition) is 8. The smallest absolute Gasteiger partial charge is 0.410 e. The first-order valence-electron chi connectivity index (χ1n) is 14.5. The van der Waals surface area contributed by atoms with Crippen LogP contribution >= 0.6 is 0 Å². The third kappa shape index (κ3) is 4.64. The van der Waals surface area contributed by atoms with Crippen LogP contribution in [0.25, 0.3) is 0 Å². The van der Waals surface area contributed by atoms with Gasteiger partial charge < -0.3 is 29.9 Å². The first-order valence-corrected chi connectivity index (χ1v) is 14.5. The van der Waals surface area contributed by atoms with Crippen molar-refractivity contribution in [2.75, 3.05) is 25.3 Å². The van der Waals surface area contributed by atoms with E-state index in [-0.39, 0.29) is 37.2 Å². The van der Waals surface area contributed by atoms with Gasteiger partial charge in [-0.05, 0) is 54.1 Å². The summed E-state index contributed by atoms with van der Waals surface area (Å²) in [7, 11) is 0. The van der Waals surface area contributed by atoms with Crippen molar-refractivity contribution < 1.29 is 37.4 Å². The summed E-state index contributed by atoms with van der Waals surface area (Å²) in [5.74, 6) is -2.25. The van der Waals surface area contributed by atoms with Gasteiger partial charge in [0.05, 0.1) is 12.6 Å². The molecule has 12 nitrogen and oxygen atoms in total. The Bertz CT molecular complexity index is 1400. The molecule has 6 rings (SSSR count). The van der Waals surface area contributed by atoms with Crippen molar-refractivity contribution in [1.29, 1.82) is 5.26 Å². The van der Waals surface area contributed by atoms with Gasteiger partial charge in [-0.3, -0.25) is 14.4 Å². The number of aromatic nitrogens is 1. The number of anilines is 1. The molecule has 3 aliphatic heterocycles. The van der Waals surface area contributed by atoms with Crippen LogP contribution in [-0.2, 0) is 19.1 Å². The van der Waals surface area contributed by atoms with Crippen LogP contribution in [0.2, 0.25) is 0 Å². The third-order valence-electron chi connectivity index (χ3n) is 9.85. The third-order valence-corrected chi connectivity index (χ3v) is 9.85. The largest absolute Gasteiger partial charge is 0.472 e. The molecule has 230 valence electrons. The fourth-order valence-electron chi connectivity index (χ4n) is 7.95. The summed E-state index contributed by atoms with van der Waals surface area (Å²) >= 11 is 0. The maximum absolute atomic E-state index is 15.2. The number of amides is 4. The highest BCUT2D eigenvalue weighted by Gasteiger charge is 2.65. The van der Waals surface area contributed by atoms with E-state index in [0.29, 0.717) is 18.6 Å². The lowest BCUT2D eigenvalue weighted by Crippen LogP contribution is -2.60. The molecule has 4 fully saturated rings. The highest BCUT2D eigenvalue weighted by Crippen LogP contribution is 2.59. The number of carbonyl (C=O) groups excluding carboxylic acids is 4. The molecular weight excluding hydrogens is 566 g/mol. The summed E-state index contributed by atoms with van der Waals surface area (Å²) < 4.78 is 38.4. The van der Waals surface area contributed by atoms with Gasteiger partial charge >= 0.3 is 6.09 Å². The Morgan fingerprint density at radius 1 is 1.30 bits per heavy atom. The van der Waals surface area contributed by atoms with E-state index in [1.807, 2.05) is 0 Å². The number of alkyl carbamates (subject to hydrolysis) is 1. The molecule has 0 aromatic carbocycles. The number of nitrogens with zero attached hydrogens (tertiary/aromatic N) is 4. The summed E-state index contributed by atoms with van der Waals surface area (Å²) in [4.78, 5) is 61.0. The zero-order chi connectivity index (χ0) is 30.8. The van der Waals surface area contributed by atoms with E-state index in [9.17, 15) is 28.8 Å². The van der Waals surface area contributed by atoms with Gasteiger partial charge in [-0.2, -0.15) is 5.26 Å². The van der Waals surface area contributed by atoms with E-state index >= 15 is 4.39 Å². The topological polar surface area (TPSA) is 154 Å². The molecule has 2 N–H and O–H groups in total. The number of nitrogens with one attached hydrogen (secondary N) is 2. The summed E-state index contributed by atoms with van der Waals surface area (Å²) in [6, 6.07) is 2.01. The fourth-order valence-corrected chi connectivity index (χ4v) is 7.95. The number of fused-ring (bicyclic) bond motifs is 6. The summed E-state index contributed by atoms with van der Waals surface area (Å²) in [6.45, 7) is 3.67. The predicted molar refractivity (Wildman–Crippen MR) is 144 cm³/mol. The molecule has 1 aromatic heterocycles. The van der Waals surface area contributed by atoms with Crippen molar-refractivity contribution in [2.45, 2.75) is 69.9 Å². The number of rotatable bonds is 4. The molecule has 2 saturated carbocycles. The number of hydrogen-bond donors (Lipinski definition) is 2. The molecule has 1 aromatic rings. The van der Waals surface area contributed by atoms with Crippen molar-refractivity contribution >= 4 is 29.6 Å². The molecule has 0 unspecified atom stereocenters. The van der Waals surface area contributed by atoms with E-state index in [1.54, 1.807) is 32.9 Å². The number of ether oxygens (including phenoxy) is 2. The molecule has 14 heteroatoms. The normalized spacial score (nSPS) is 34.6. The van der Waals surface area contributed by atoms with Crippen LogP contribution in [0.15, 0.2) is 18.3 Å². The van der Waals surface area contributed by atoms with Crippen LogP contribution in [-0.4, -0.2) is 88.4 Å². The van der Waals surface area contributed by atoms with Gasteiger partial charge in [0.1, 0.15) is 24.3 Å². The van der Waals surface area contributed by atoms with Crippen molar-refractivity contribution in [3.63, 3.8) is 0 Å². The number of halogens is 2. The van der Waals surface area contributed by atoms with Crippen molar-refractivity contribution in [3.8, 4) is 11.8 Å². The Labute approximate surface area is 247 Å². The zero-order valence-electron chi connectivity index (χ0n) is 24.1. The van der Waals surface area contributed by atoms with Crippen LogP contribution in [0, 0.1) is 40.4 Å². The number of nitriles is 1. The average molecular weight is 601 g/mol. The number of likely N-dealkylation sites (tertiary alicyclic amines) is 2. The van der Waals surface area contributed by atoms with Crippen molar-refractivity contribution in [1.82, 2.24) is 20.1 Å². The lowest BCUT2D eigenvalue weighted by atomic mass is 9.77. The van der Waals surface area contributed by atoms with Crippen LogP contribution in [0.4, 0.5) is 19.4 Å². The lowest BCUT2D eigenvalue weighted by molar-refractivity contribution is -0.149. The second-order valence-corrected chi connectivity index (χ2v) is 13.3. The van der Waals surface area contributed by atoms with Crippen LogP contribution in [0.5, 0.6) is 5.75 Å². The lowest BCUT2D eigenvalue weighted by Gasteiger charge is -2.38. The first kappa shape index (κ1) is 29.1. The summed E-state index contributed by atoms with van der Waals surface area (Å²) in [6.07, 6.45) is 0.100. The quantitative estimate of drug-likeness (QED) is 0.533. The van der Waals surface area contributed by atoms with E-state index in [1.165, 1.54) is 16.0 Å². The molecule has 5 aliphatic rings. The van der Waals surface area contributed by atoms with Crippen molar-refractivity contribution in [3.05, 3.63) is 18.3 Å². The SMILES string of the molecule is CC(C)(C)[C@H](NC(=O)OCF)C(=O)N1C[C@@H]2[C@H]3C[C@@H]([C@@H]2[C@H]1C(=O)N1C[C@@]2(C[C@H]1C#N)Oc1cccnc1NC2=O)[C@H](F)C3. The van der Waals surface area contributed by atoms with Crippen molar-refractivity contribution in [2.24, 2.45) is 29.1 Å². The van der Waals surface area contributed by atoms with Gasteiger partial charge in [0.25, 0.3) is 5.91 Å². The van der Waals surface area contributed by atoms with Gasteiger partial charge in [0.2, 0.25) is 24.3 Å². The van der Waals surface area contributed by atoms with Crippen LogP contribution in [0.1, 0.15) is 40.0 Å². The molecule has 4 amide bonds. The first-order chi connectivity index (χ1) is 20.4. The maximum Gasteiger partial charge on any atom is 0.410 e. The minimum Gasteiger partial charge on any atom is -0.472 e. The Kier molecular flexibility index (Phi) is 6.97. The Hall–Kier alpha value is -4.02. The van der Waals surface area contributed by atoms with Gasteiger partial charge in [0.15, 0.2) is 11.6 Å². The van der Waals surface area contributed by atoms with Gasteiger partial charge in [-0.1, -0.05) is 20.8 Å². The van der Waals surface area contributed by atoms with Gasteiger partial charge in [-0.25, -0.2) is 18.6 Å².